The normalized spacial score (nSPS) is 11.1. The number of hydrogen-bond acceptors (Lipinski definition) is 5. The molecule has 0 bridgehead atoms. The molecule has 0 unspecified atom stereocenters. The number of hydrogen-bond donors (Lipinski definition) is 2. The van der Waals surface area contributed by atoms with E-state index in [4.69, 9.17) is 0 Å². The van der Waals surface area contributed by atoms with Crippen LogP contribution in [0.1, 0.15) is 35.3 Å². The molecule has 1 amide bonds. The summed E-state index contributed by atoms with van der Waals surface area (Å²) in [4.78, 5) is 22.9. The number of aryl methyl sites for hydroxylation is 1. The third kappa shape index (κ3) is 4.63. The summed E-state index contributed by atoms with van der Waals surface area (Å²) in [5.74, 6) is -0.502. The Kier molecular flexibility index (Phi) is 5.84. The minimum absolute atomic E-state index is 0.145. The monoisotopic (exact) mass is 340 g/mol. The van der Waals surface area contributed by atoms with E-state index in [1.165, 1.54) is 18.2 Å². The van der Waals surface area contributed by atoms with E-state index < -0.39 is 10.8 Å². The first-order valence-corrected chi connectivity index (χ1v) is 7.86. The summed E-state index contributed by atoms with van der Waals surface area (Å²) < 4.78 is 0. The predicted molar refractivity (Wildman–Crippen MR) is 98.1 cm³/mol. The van der Waals surface area contributed by atoms with Crippen LogP contribution in [0, 0.1) is 17.0 Å². The van der Waals surface area contributed by atoms with Crippen LogP contribution < -0.4 is 10.7 Å². The molecule has 2 N–H and O–H groups in total. The zero-order chi connectivity index (χ0) is 18.4. The maximum absolute atomic E-state index is 12.2. The molecule has 0 heterocycles. The van der Waals surface area contributed by atoms with Crippen molar-refractivity contribution in [3.05, 3.63) is 69.3 Å². The van der Waals surface area contributed by atoms with Crippen LogP contribution in [-0.2, 0) is 0 Å². The molecule has 7 heteroatoms. The zero-order valence-electron chi connectivity index (χ0n) is 14.4. The molecule has 2 aromatic carbocycles. The van der Waals surface area contributed by atoms with Gasteiger partial charge in [-0.05, 0) is 38.5 Å². The van der Waals surface area contributed by atoms with Crippen LogP contribution in [0.5, 0.6) is 0 Å². The van der Waals surface area contributed by atoms with Crippen LogP contribution in [0.15, 0.2) is 47.6 Å². The fourth-order valence-electron chi connectivity index (χ4n) is 2.22. The Morgan fingerprint density at radius 3 is 2.40 bits per heavy atom. The molecule has 25 heavy (non-hydrogen) atoms. The van der Waals surface area contributed by atoms with Crippen molar-refractivity contribution in [2.24, 2.45) is 5.10 Å². The van der Waals surface area contributed by atoms with Crippen LogP contribution in [0.4, 0.5) is 11.4 Å². The Morgan fingerprint density at radius 1 is 1.16 bits per heavy atom. The van der Waals surface area contributed by atoms with Gasteiger partial charge in [0.15, 0.2) is 0 Å². The number of benzene rings is 2. The molecule has 130 valence electrons. The van der Waals surface area contributed by atoms with Gasteiger partial charge in [0.05, 0.1) is 10.6 Å². The van der Waals surface area contributed by atoms with Crippen molar-refractivity contribution in [3.63, 3.8) is 0 Å². The van der Waals surface area contributed by atoms with Crippen molar-refractivity contribution >= 4 is 23.0 Å². The van der Waals surface area contributed by atoms with Gasteiger partial charge in [0.25, 0.3) is 11.6 Å². The summed E-state index contributed by atoms with van der Waals surface area (Å²) in [7, 11) is 0. The highest BCUT2D eigenvalue weighted by Crippen LogP contribution is 2.25. The number of amides is 1. The number of carbonyl (C=O) groups excluding carboxylic acids is 1. The minimum Gasteiger partial charge on any atom is -0.380 e. The van der Waals surface area contributed by atoms with E-state index in [0.29, 0.717) is 17.9 Å². The highest BCUT2D eigenvalue weighted by atomic mass is 16.6. The lowest BCUT2D eigenvalue weighted by atomic mass is 10.1. The molecule has 2 aromatic rings. The maximum atomic E-state index is 12.2. The quantitative estimate of drug-likeness (QED) is 0.478. The first-order chi connectivity index (χ1) is 11.9. The second kappa shape index (κ2) is 8.05. The van der Waals surface area contributed by atoms with Crippen LogP contribution in [-0.4, -0.2) is 23.1 Å². The molecule has 0 radical (unpaired) electrons. The van der Waals surface area contributed by atoms with Crippen molar-refractivity contribution in [1.82, 2.24) is 5.43 Å². The molecule has 0 aliphatic carbocycles. The number of nitrogens with one attached hydrogen (secondary N) is 2. The van der Waals surface area contributed by atoms with Crippen LogP contribution in [0.2, 0.25) is 0 Å². The fraction of sp³-hybridized carbons (Fsp3) is 0.222. The van der Waals surface area contributed by atoms with Gasteiger partial charge in [0.1, 0.15) is 5.69 Å². The van der Waals surface area contributed by atoms with Gasteiger partial charge in [-0.2, -0.15) is 5.10 Å². The molecule has 0 aromatic heterocycles. The lowest BCUT2D eigenvalue weighted by Crippen LogP contribution is -2.19. The van der Waals surface area contributed by atoms with E-state index in [1.807, 2.05) is 38.1 Å². The molecule has 0 aliphatic rings. The zero-order valence-corrected chi connectivity index (χ0v) is 14.4. The predicted octanol–water partition coefficient (Wildman–Crippen LogP) is 3.49. The fourth-order valence-corrected chi connectivity index (χ4v) is 2.22. The first-order valence-electron chi connectivity index (χ1n) is 7.86. The summed E-state index contributed by atoms with van der Waals surface area (Å²) in [5, 5.41) is 18.1. The van der Waals surface area contributed by atoms with E-state index in [2.05, 4.69) is 15.8 Å². The van der Waals surface area contributed by atoms with Crippen molar-refractivity contribution < 1.29 is 9.72 Å². The summed E-state index contributed by atoms with van der Waals surface area (Å²) in [6.07, 6.45) is 0. The number of rotatable bonds is 6. The third-order valence-corrected chi connectivity index (χ3v) is 3.62. The van der Waals surface area contributed by atoms with E-state index in [0.717, 1.165) is 11.1 Å². The van der Waals surface area contributed by atoms with Gasteiger partial charge in [-0.25, -0.2) is 5.43 Å². The highest BCUT2D eigenvalue weighted by Gasteiger charge is 2.17. The molecule has 2 rings (SSSR count). The minimum atomic E-state index is -0.518. The standard InChI is InChI=1S/C18H20N4O3/c1-4-19-16-10-9-15(11-17(16)22(24)25)18(23)21-20-13(3)14-7-5-12(2)6-8-14/h5-11,19H,4H2,1-3H3,(H,21,23). The first kappa shape index (κ1) is 18.1. The second-order valence-corrected chi connectivity index (χ2v) is 5.52. The molecule has 0 aliphatic heterocycles. The number of nitro groups is 1. The lowest BCUT2D eigenvalue weighted by molar-refractivity contribution is -0.384. The second-order valence-electron chi connectivity index (χ2n) is 5.52. The van der Waals surface area contributed by atoms with Gasteiger partial charge >= 0.3 is 0 Å². The van der Waals surface area contributed by atoms with Crippen LogP contribution >= 0.6 is 0 Å². The third-order valence-electron chi connectivity index (χ3n) is 3.62. The van der Waals surface area contributed by atoms with E-state index >= 15 is 0 Å². The van der Waals surface area contributed by atoms with Crippen molar-refractivity contribution in [1.29, 1.82) is 0 Å². The molecule has 0 saturated carbocycles. The molecule has 7 nitrogen and oxygen atoms in total. The van der Waals surface area contributed by atoms with Crippen molar-refractivity contribution in [2.75, 3.05) is 11.9 Å². The topological polar surface area (TPSA) is 96.6 Å². The average molecular weight is 340 g/mol. The van der Waals surface area contributed by atoms with Crippen LogP contribution in [0.3, 0.4) is 0 Å². The average Bonchev–Trinajstić information content (AvgIpc) is 2.60. The number of carbonyl (C=O) groups is 1. The van der Waals surface area contributed by atoms with Crippen LogP contribution in [0.25, 0.3) is 0 Å². The Labute approximate surface area is 145 Å². The van der Waals surface area contributed by atoms with E-state index in [-0.39, 0.29) is 11.3 Å². The molecule has 0 spiro atoms. The molecular weight excluding hydrogens is 320 g/mol. The molecule has 0 fully saturated rings. The van der Waals surface area contributed by atoms with Gasteiger partial charge in [0, 0.05) is 18.2 Å². The van der Waals surface area contributed by atoms with E-state index in [1.54, 1.807) is 6.92 Å². The summed E-state index contributed by atoms with van der Waals surface area (Å²) >= 11 is 0. The Balaban J connectivity index is 2.17. The molecular formula is C18H20N4O3. The summed E-state index contributed by atoms with van der Waals surface area (Å²) in [6.45, 7) is 6.16. The van der Waals surface area contributed by atoms with E-state index in [9.17, 15) is 14.9 Å². The number of hydrazone groups is 1. The van der Waals surface area contributed by atoms with Gasteiger partial charge in [0.2, 0.25) is 0 Å². The lowest BCUT2D eigenvalue weighted by Gasteiger charge is -2.07. The van der Waals surface area contributed by atoms with Crippen molar-refractivity contribution in [2.45, 2.75) is 20.8 Å². The summed E-state index contributed by atoms with van der Waals surface area (Å²) in [6, 6.07) is 12.0. The van der Waals surface area contributed by atoms with Gasteiger partial charge in [-0.15, -0.1) is 0 Å². The van der Waals surface area contributed by atoms with Gasteiger partial charge in [-0.3, -0.25) is 14.9 Å². The van der Waals surface area contributed by atoms with Gasteiger partial charge in [-0.1, -0.05) is 29.8 Å². The molecule has 0 saturated heterocycles. The SMILES string of the molecule is CCNc1ccc(C(=O)NN=C(C)c2ccc(C)cc2)cc1[N+](=O)[O-]. The summed E-state index contributed by atoms with van der Waals surface area (Å²) in [5.41, 5.74) is 5.51. The maximum Gasteiger partial charge on any atom is 0.293 e. The van der Waals surface area contributed by atoms with Gasteiger partial charge < -0.3 is 5.32 Å². The van der Waals surface area contributed by atoms with Crippen molar-refractivity contribution in [3.8, 4) is 0 Å². The largest absolute Gasteiger partial charge is 0.380 e. The number of nitrogens with zero attached hydrogens (tertiary/aromatic N) is 2. The molecule has 0 atom stereocenters. The Bertz CT molecular complexity index is 814. The highest BCUT2D eigenvalue weighted by molar-refractivity contribution is 6.01. The Hall–Kier alpha value is -3.22. The Morgan fingerprint density at radius 2 is 1.80 bits per heavy atom. The smallest absolute Gasteiger partial charge is 0.293 e. The number of anilines is 1. The number of nitro benzene ring substituents is 1.